The molecule has 0 bridgehead atoms. The number of aromatic nitrogens is 1. The van der Waals surface area contributed by atoms with Gasteiger partial charge in [0.05, 0.1) is 17.2 Å². The molecule has 2 rings (SSSR count). The van der Waals surface area contributed by atoms with Crippen LogP contribution in [0.1, 0.15) is 36.7 Å². The van der Waals surface area contributed by atoms with E-state index in [4.69, 9.17) is 4.74 Å². The molecule has 0 unspecified atom stereocenters. The summed E-state index contributed by atoms with van der Waals surface area (Å²) in [6, 6.07) is 13.1. The molecule has 1 atom stereocenters. The van der Waals surface area contributed by atoms with Crippen molar-refractivity contribution in [2.75, 3.05) is 12.4 Å². The molecule has 2 aromatic rings. The van der Waals surface area contributed by atoms with Gasteiger partial charge in [-0.05, 0) is 37.3 Å². The lowest BCUT2D eigenvalue weighted by atomic mass is 9.92. The molecule has 26 heavy (non-hydrogen) atoms. The van der Waals surface area contributed by atoms with E-state index in [1.807, 2.05) is 43.3 Å². The Morgan fingerprint density at radius 1 is 1.15 bits per heavy atom. The van der Waals surface area contributed by atoms with Crippen molar-refractivity contribution in [2.45, 2.75) is 37.8 Å². The van der Waals surface area contributed by atoms with E-state index in [9.17, 15) is 9.59 Å². The molecule has 5 nitrogen and oxygen atoms in total. The van der Waals surface area contributed by atoms with Crippen molar-refractivity contribution in [1.29, 1.82) is 0 Å². The minimum absolute atomic E-state index is 0.254. The van der Waals surface area contributed by atoms with E-state index < -0.39 is 11.5 Å². The van der Waals surface area contributed by atoms with Gasteiger partial charge in [-0.1, -0.05) is 37.3 Å². The maximum Gasteiger partial charge on any atom is 0.331 e. The molecule has 138 valence electrons. The topological polar surface area (TPSA) is 68.3 Å². The molecule has 1 aromatic carbocycles. The number of rotatable bonds is 8. The molecule has 6 heteroatoms. The van der Waals surface area contributed by atoms with Crippen LogP contribution in [-0.4, -0.2) is 34.8 Å². The fourth-order valence-electron chi connectivity index (χ4n) is 2.53. The van der Waals surface area contributed by atoms with E-state index in [0.717, 1.165) is 16.3 Å². The number of hydrogen-bond acceptors (Lipinski definition) is 5. The van der Waals surface area contributed by atoms with Crippen molar-refractivity contribution in [3.63, 3.8) is 0 Å². The highest BCUT2D eigenvalue weighted by molar-refractivity contribution is 7.99. The summed E-state index contributed by atoms with van der Waals surface area (Å²) in [6.45, 7) is 5.73. The number of benzene rings is 1. The molecule has 0 saturated carbocycles. The van der Waals surface area contributed by atoms with Crippen LogP contribution >= 0.6 is 11.8 Å². The number of carbonyl (C=O) groups is 2. The summed E-state index contributed by atoms with van der Waals surface area (Å²) in [4.78, 5) is 29.5. The first kappa shape index (κ1) is 20.0. The number of hydrogen-bond donors (Lipinski definition) is 1. The maximum absolute atomic E-state index is 12.7. The van der Waals surface area contributed by atoms with Crippen molar-refractivity contribution in [3.8, 4) is 0 Å². The molecule has 0 fully saturated rings. The van der Waals surface area contributed by atoms with E-state index in [0.29, 0.717) is 12.0 Å². The van der Waals surface area contributed by atoms with Gasteiger partial charge in [0, 0.05) is 12.6 Å². The van der Waals surface area contributed by atoms with Crippen LogP contribution in [0, 0.1) is 0 Å². The quantitative estimate of drug-likeness (QED) is 0.567. The van der Waals surface area contributed by atoms with Crippen molar-refractivity contribution in [3.05, 3.63) is 59.8 Å². The third kappa shape index (κ3) is 5.33. The Balaban J connectivity index is 2.19. The second kappa shape index (κ2) is 9.38. The average Bonchev–Trinajstić information content (AvgIpc) is 2.63. The van der Waals surface area contributed by atoms with Gasteiger partial charge in [-0.15, -0.1) is 11.8 Å². The Labute approximate surface area is 158 Å². The second-order valence-corrected chi connectivity index (χ2v) is 7.27. The molecular formula is C20H24N2O3S. The van der Waals surface area contributed by atoms with Crippen LogP contribution in [0.2, 0.25) is 0 Å². The van der Waals surface area contributed by atoms with Crippen molar-refractivity contribution < 1.29 is 14.3 Å². The van der Waals surface area contributed by atoms with Gasteiger partial charge >= 0.3 is 5.97 Å². The number of amides is 1. The zero-order valence-electron chi connectivity index (χ0n) is 15.3. The summed E-state index contributed by atoms with van der Waals surface area (Å²) in [5.41, 5.74) is 0.191. The fourth-order valence-corrected chi connectivity index (χ4v) is 3.12. The van der Waals surface area contributed by atoms with Crippen LogP contribution in [0.15, 0.2) is 53.7 Å². The third-order valence-electron chi connectivity index (χ3n) is 3.81. The van der Waals surface area contributed by atoms with E-state index in [-0.39, 0.29) is 12.5 Å². The lowest BCUT2D eigenvalue weighted by Crippen LogP contribution is -2.54. The highest BCUT2D eigenvalue weighted by Crippen LogP contribution is 2.18. The fraction of sp³-hybridized carbons (Fsp3) is 0.350. The molecule has 0 aliphatic carbocycles. The number of nitrogens with one attached hydrogen (secondary N) is 1. The number of esters is 1. The summed E-state index contributed by atoms with van der Waals surface area (Å²) in [5, 5.41) is 3.70. The molecule has 0 aliphatic rings. The zero-order chi connectivity index (χ0) is 19.0. The Hall–Kier alpha value is -2.34. The highest BCUT2D eigenvalue weighted by atomic mass is 32.2. The predicted octanol–water partition coefficient (Wildman–Crippen LogP) is 3.49. The number of thioether (sulfide) groups is 1. The Kier molecular flexibility index (Phi) is 7.21. The highest BCUT2D eigenvalue weighted by Gasteiger charge is 2.37. The first-order valence-electron chi connectivity index (χ1n) is 8.61. The van der Waals surface area contributed by atoms with Crippen LogP contribution in [0.25, 0.3) is 0 Å². The first-order chi connectivity index (χ1) is 12.5. The molecule has 1 aromatic heterocycles. The third-order valence-corrected chi connectivity index (χ3v) is 4.63. The summed E-state index contributed by atoms with van der Waals surface area (Å²) in [6.07, 6.45) is 1.87. The summed E-state index contributed by atoms with van der Waals surface area (Å²) >= 11 is 1.61. The molecule has 0 spiro atoms. The van der Waals surface area contributed by atoms with Crippen LogP contribution in [0.4, 0.5) is 0 Å². The number of carbonyl (C=O) groups excluding carboxylic acids is 2. The average molecular weight is 372 g/mol. The smallest absolute Gasteiger partial charge is 0.331 e. The second-order valence-electron chi connectivity index (χ2n) is 5.99. The van der Waals surface area contributed by atoms with Crippen molar-refractivity contribution in [1.82, 2.24) is 10.3 Å². The maximum atomic E-state index is 12.7. The Morgan fingerprint density at radius 2 is 1.88 bits per heavy atom. The van der Waals surface area contributed by atoms with E-state index in [1.54, 1.807) is 31.7 Å². The lowest BCUT2D eigenvalue weighted by molar-refractivity contribution is -0.150. The lowest BCUT2D eigenvalue weighted by Gasteiger charge is -2.28. The summed E-state index contributed by atoms with van der Waals surface area (Å²) < 4.78 is 5.19. The Morgan fingerprint density at radius 3 is 2.46 bits per heavy atom. The van der Waals surface area contributed by atoms with Crippen LogP contribution < -0.4 is 5.32 Å². The van der Waals surface area contributed by atoms with Crippen LogP contribution in [0.3, 0.4) is 0 Å². The summed E-state index contributed by atoms with van der Waals surface area (Å²) in [7, 11) is 0. The number of pyridine rings is 1. The van der Waals surface area contributed by atoms with Gasteiger partial charge in [0.1, 0.15) is 5.54 Å². The molecular weight excluding hydrogens is 348 g/mol. The summed E-state index contributed by atoms with van der Waals surface area (Å²) in [5.74, 6) is 0.108. The first-order valence-corrected chi connectivity index (χ1v) is 9.59. The van der Waals surface area contributed by atoms with Crippen molar-refractivity contribution >= 4 is 23.6 Å². The zero-order valence-corrected chi connectivity index (χ0v) is 16.1. The predicted molar refractivity (Wildman–Crippen MR) is 103 cm³/mol. The molecule has 1 heterocycles. The molecule has 0 aliphatic heterocycles. The number of ether oxygens (including phenoxy) is 1. The van der Waals surface area contributed by atoms with Gasteiger partial charge in [-0.3, -0.25) is 4.79 Å². The van der Waals surface area contributed by atoms with Gasteiger partial charge < -0.3 is 10.1 Å². The normalized spacial score (nSPS) is 12.9. The molecule has 0 saturated heterocycles. The van der Waals surface area contributed by atoms with Crippen LogP contribution in [-0.2, 0) is 16.0 Å². The van der Waals surface area contributed by atoms with Crippen LogP contribution in [0.5, 0.6) is 0 Å². The Bertz CT molecular complexity index is 734. The molecule has 1 N–H and O–H groups in total. The standard InChI is InChI=1S/C20H24N2O3S/c1-4-25-19(24)20(3,13-15-9-7-6-8-10-15)22-18(23)16-11-12-17(21-14-16)26-5-2/h6-12,14H,4-5,13H2,1-3H3,(H,22,23)/t20-/m0/s1. The van der Waals surface area contributed by atoms with E-state index in [1.165, 1.54) is 6.20 Å². The minimum atomic E-state index is -1.16. The van der Waals surface area contributed by atoms with Crippen molar-refractivity contribution in [2.24, 2.45) is 0 Å². The monoisotopic (exact) mass is 372 g/mol. The van der Waals surface area contributed by atoms with Gasteiger partial charge in [0.2, 0.25) is 0 Å². The van der Waals surface area contributed by atoms with Gasteiger partial charge in [-0.25, -0.2) is 9.78 Å². The number of nitrogens with zero attached hydrogens (tertiary/aromatic N) is 1. The van der Waals surface area contributed by atoms with Gasteiger partial charge in [0.25, 0.3) is 5.91 Å². The minimum Gasteiger partial charge on any atom is -0.464 e. The van der Waals surface area contributed by atoms with Gasteiger partial charge in [-0.2, -0.15) is 0 Å². The largest absolute Gasteiger partial charge is 0.464 e. The molecule has 1 amide bonds. The van der Waals surface area contributed by atoms with E-state index >= 15 is 0 Å². The SMILES string of the molecule is CCOC(=O)[C@](C)(Cc1ccccc1)NC(=O)c1ccc(SCC)nc1. The molecule has 0 radical (unpaired) electrons. The van der Waals surface area contributed by atoms with E-state index in [2.05, 4.69) is 10.3 Å². The van der Waals surface area contributed by atoms with Gasteiger partial charge in [0.15, 0.2) is 0 Å².